The standard InChI is InChI=1S/C13H7N5O4S/c19-18(20)12-11(14-9-5-1-2-6-17(9)12)23-13-16-15-10(22-13)8-4-3-7-21-8/h1-7H. The Morgan fingerprint density at radius 2 is 2.13 bits per heavy atom. The van der Waals surface area contributed by atoms with E-state index in [2.05, 4.69) is 15.2 Å². The fourth-order valence-corrected chi connectivity index (χ4v) is 2.80. The number of aromatic nitrogens is 4. The average molecular weight is 329 g/mol. The highest BCUT2D eigenvalue weighted by molar-refractivity contribution is 7.99. The zero-order valence-corrected chi connectivity index (χ0v) is 12.1. The fraction of sp³-hybridized carbons (Fsp3) is 0. The van der Waals surface area contributed by atoms with Gasteiger partial charge in [0.1, 0.15) is 0 Å². The smallest absolute Gasteiger partial charge is 0.362 e. The highest BCUT2D eigenvalue weighted by atomic mass is 32.2. The van der Waals surface area contributed by atoms with Crippen molar-refractivity contribution < 1.29 is 13.8 Å². The van der Waals surface area contributed by atoms with Gasteiger partial charge in [-0.3, -0.25) is 0 Å². The average Bonchev–Trinajstić information content (AvgIpc) is 3.26. The first-order chi connectivity index (χ1) is 11.2. The third kappa shape index (κ3) is 2.34. The lowest BCUT2D eigenvalue weighted by atomic mass is 10.5. The van der Waals surface area contributed by atoms with Crippen LogP contribution < -0.4 is 0 Å². The summed E-state index contributed by atoms with van der Waals surface area (Å²) in [6.07, 6.45) is 3.06. The maximum Gasteiger partial charge on any atom is 0.362 e. The zero-order valence-electron chi connectivity index (χ0n) is 11.3. The van der Waals surface area contributed by atoms with E-state index in [-0.39, 0.29) is 22.0 Å². The maximum atomic E-state index is 11.3. The first-order valence-electron chi connectivity index (χ1n) is 6.39. The lowest BCUT2D eigenvalue weighted by Crippen LogP contribution is -1.94. The minimum atomic E-state index is -0.494. The molecule has 4 aromatic heterocycles. The van der Waals surface area contributed by atoms with Gasteiger partial charge in [-0.15, -0.1) is 10.2 Å². The first-order valence-corrected chi connectivity index (χ1v) is 7.21. The van der Waals surface area contributed by atoms with E-state index in [4.69, 9.17) is 8.83 Å². The third-order valence-corrected chi connectivity index (χ3v) is 3.78. The van der Waals surface area contributed by atoms with E-state index in [1.807, 2.05) is 0 Å². The van der Waals surface area contributed by atoms with E-state index in [0.29, 0.717) is 11.4 Å². The summed E-state index contributed by atoms with van der Waals surface area (Å²) in [5.41, 5.74) is 0.465. The molecule has 0 aromatic carbocycles. The quantitative estimate of drug-likeness (QED) is 0.415. The second kappa shape index (κ2) is 5.25. The van der Waals surface area contributed by atoms with E-state index in [0.717, 1.165) is 11.8 Å². The van der Waals surface area contributed by atoms with E-state index in [1.165, 1.54) is 10.7 Å². The highest BCUT2D eigenvalue weighted by Gasteiger charge is 2.25. The van der Waals surface area contributed by atoms with Crippen LogP contribution in [0.1, 0.15) is 0 Å². The van der Waals surface area contributed by atoms with Crippen LogP contribution in [0.3, 0.4) is 0 Å². The SMILES string of the molecule is O=[N+]([O-])c1c(Sc2nnc(-c3ccco3)o2)nc2ccccn12. The number of imidazole rings is 1. The Balaban J connectivity index is 1.73. The Morgan fingerprint density at radius 1 is 1.22 bits per heavy atom. The van der Waals surface area contributed by atoms with Crippen molar-refractivity contribution in [1.29, 1.82) is 0 Å². The summed E-state index contributed by atoms with van der Waals surface area (Å²) in [5, 5.41) is 19.3. The van der Waals surface area contributed by atoms with Crippen molar-refractivity contribution in [2.45, 2.75) is 10.2 Å². The number of pyridine rings is 1. The van der Waals surface area contributed by atoms with Gasteiger partial charge in [-0.05, 0) is 23.1 Å². The van der Waals surface area contributed by atoms with E-state index >= 15 is 0 Å². The zero-order chi connectivity index (χ0) is 15.8. The lowest BCUT2D eigenvalue weighted by molar-refractivity contribution is -0.393. The van der Waals surface area contributed by atoms with Crippen molar-refractivity contribution in [1.82, 2.24) is 19.6 Å². The van der Waals surface area contributed by atoms with Gasteiger partial charge in [-0.2, -0.15) is 9.38 Å². The monoisotopic (exact) mass is 329 g/mol. The summed E-state index contributed by atoms with van der Waals surface area (Å²) in [4.78, 5) is 15.1. The number of rotatable bonds is 4. The Hall–Kier alpha value is -3.14. The van der Waals surface area contributed by atoms with Gasteiger partial charge in [-0.25, -0.2) is 0 Å². The molecule has 4 heterocycles. The Kier molecular flexibility index (Phi) is 3.08. The molecule has 0 aliphatic carbocycles. The molecule has 0 atom stereocenters. The predicted molar refractivity (Wildman–Crippen MR) is 78.0 cm³/mol. The summed E-state index contributed by atoms with van der Waals surface area (Å²) >= 11 is 0.931. The Morgan fingerprint density at radius 3 is 2.91 bits per heavy atom. The van der Waals surface area contributed by atoms with Crippen molar-refractivity contribution in [3.05, 3.63) is 52.9 Å². The van der Waals surface area contributed by atoms with Crippen LogP contribution in [0.15, 0.2) is 61.9 Å². The van der Waals surface area contributed by atoms with Crippen LogP contribution in [0.5, 0.6) is 0 Å². The molecule has 0 saturated carbocycles. The molecule has 0 aliphatic rings. The Bertz CT molecular complexity index is 991. The fourth-order valence-electron chi connectivity index (χ4n) is 2.03. The number of hydrogen-bond acceptors (Lipinski definition) is 8. The summed E-state index contributed by atoms with van der Waals surface area (Å²) in [6.45, 7) is 0. The summed E-state index contributed by atoms with van der Waals surface area (Å²) in [5.74, 6) is 0.473. The normalized spacial score (nSPS) is 11.1. The van der Waals surface area contributed by atoms with E-state index in [1.54, 1.807) is 36.5 Å². The van der Waals surface area contributed by atoms with Gasteiger partial charge >= 0.3 is 5.82 Å². The molecular weight excluding hydrogens is 322 g/mol. The molecule has 23 heavy (non-hydrogen) atoms. The van der Waals surface area contributed by atoms with Crippen molar-refractivity contribution in [3.63, 3.8) is 0 Å². The van der Waals surface area contributed by atoms with Crippen LogP contribution in [-0.2, 0) is 0 Å². The molecule has 0 unspecified atom stereocenters. The van der Waals surface area contributed by atoms with Crippen LogP contribution in [0.2, 0.25) is 0 Å². The van der Waals surface area contributed by atoms with Crippen LogP contribution in [0, 0.1) is 10.1 Å². The van der Waals surface area contributed by atoms with Crippen LogP contribution in [0.25, 0.3) is 17.3 Å². The number of fused-ring (bicyclic) bond motifs is 1. The lowest BCUT2D eigenvalue weighted by Gasteiger charge is -1.95. The summed E-state index contributed by atoms with van der Waals surface area (Å²) < 4.78 is 12.0. The van der Waals surface area contributed by atoms with Gasteiger partial charge < -0.3 is 18.9 Å². The molecule has 0 saturated heterocycles. The molecule has 4 aromatic rings. The van der Waals surface area contributed by atoms with Crippen LogP contribution in [0.4, 0.5) is 5.82 Å². The molecule has 0 N–H and O–H groups in total. The first kappa shape index (κ1) is 13.5. The van der Waals surface area contributed by atoms with Crippen LogP contribution >= 0.6 is 11.8 Å². The van der Waals surface area contributed by atoms with Crippen molar-refractivity contribution in [2.24, 2.45) is 0 Å². The second-order valence-electron chi connectivity index (χ2n) is 4.38. The summed E-state index contributed by atoms with van der Waals surface area (Å²) in [6, 6.07) is 8.49. The van der Waals surface area contributed by atoms with Gasteiger partial charge in [0.2, 0.25) is 10.7 Å². The van der Waals surface area contributed by atoms with Crippen molar-refractivity contribution in [3.8, 4) is 11.7 Å². The molecule has 0 aliphatic heterocycles. The van der Waals surface area contributed by atoms with Gasteiger partial charge in [0.25, 0.3) is 11.1 Å². The molecule has 114 valence electrons. The molecule has 0 amide bonds. The third-order valence-electron chi connectivity index (χ3n) is 2.97. The minimum Gasteiger partial charge on any atom is -0.459 e. The van der Waals surface area contributed by atoms with Crippen LogP contribution in [-0.4, -0.2) is 24.5 Å². The van der Waals surface area contributed by atoms with Gasteiger partial charge in [0, 0.05) is 17.8 Å². The number of nitro groups is 1. The molecule has 4 rings (SSSR count). The highest BCUT2D eigenvalue weighted by Crippen LogP contribution is 2.35. The largest absolute Gasteiger partial charge is 0.459 e. The molecular formula is C13H7N5O4S. The predicted octanol–water partition coefficient (Wildman–Crippen LogP) is 3.04. The van der Waals surface area contributed by atoms with Gasteiger partial charge in [-0.1, -0.05) is 6.07 Å². The maximum absolute atomic E-state index is 11.3. The van der Waals surface area contributed by atoms with Gasteiger partial charge in [0.15, 0.2) is 5.76 Å². The number of furan rings is 1. The number of hydrogen-bond donors (Lipinski definition) is 0. The number of nitrogens with zero attached hydrogens (tertiary/aromatic N) is 5. The molecule has 9 nitrogen and oxygen atoms in total. The Labute approximate surface area is 132 Å². The summed E-state index contributed by atoms with van der Waals surface area (Å²) in [7, 11) is 0. The molecule has 0 fully saturated rings. The van der Waals surface area contributed by atoms with Crippen molar-refractivity contribution in [2.75, 3.05) is 0 Å². The van der Waals surface area contributed by atoms with Gasteiger partial charge in [0.05, 0.1) is 12.5 Å². The topological polar surface area (TPSA) is 112 Å². The molecule has 0 bridgehead atoms. The second-order valence-corrected chi connectivity index (χ2v) is 5.32. The van der Waals surface area contributed by atoms with Crippen molar-refractivity contribution >= 4 is 23.2 Å². The van der Waals surface area contributed by atoms with E-state index in [9.17, 15) is 10.1 Å². The van der Waals surface area contributed by atoms with E-state index < -0.39 is 4.92 Å². The molecule has 0 radical (unpaired) electrons. The molecule has 0 spiro atoms. The minimum absolute atomic E-state index is 0.142. The molecule has 10 heteroatoms.